The summed E-state index contributed by atoms with van der Waals surface area (Å²) < 4.78 is 0. The molecule has 1 atom stereocenters. The minimum atomic E-state index is 0.304. The van der Waals surface area contributed by atoms with Gasteiger partial charge in [-0.25, -0.2) is 4.98 Å². The first-order valence-electron chi connectivity index (χ1n) is 9.00. The van der Waals surface area contributed by atoms with E-state index in [0.717, 1.165) is 23.6 Å². The number of aromatic nitrogens is 3. The van der Waals surface area contributed by atoms with Gasteiger partial charge in [0.05, 0.1) is 11.4 Å². The standard InChI is InChI=1S/C21H25N5/c1-4-16(3)24-21-25-19(18-10-5-6-11-22-18)13-20(26-21)23-14-17-9-7-8-15(2)12-17/h5-13,16H,4,14H2,1-3H3,(H2,23,24,25,26)/t16-/m0/s1. The summed E-state index contributed by atoms with van der Waals surface area (Å²) in [6, 6.07) is 16.5. The molecule has 0 aliphatic carbocycles. The highest BCUT2D eigenvalue weighted by atomic mass is 15.2. The summed E-state index contributed by atoms with van der Waals surface area (Å²) in [6.45, 7) is 7.07. The quantitative estimate of drug-likeness (QED) is 0.650. The molecule has 0 fully saturated rings. The molecular formula is C21H25N5. The lowest BCUT2D eigenvalue weighted by atomic mass is 10.1. The van der Waals surface area contributed by atoms with Gasteiger partial charge < -0.3 is 10.6 Å². The maximum absolute atomic E-state index is 4.64. The molecular weight excluding hydrogens is 322 g/mol. The number of hydrogen-bond donors (Lipinski definition) is 2. The van der Waals surface area contributed by atoms with E-state index >= 15 is 0 Å². The van der Waals surface area contributed by atoms with Crippen LogP contribution in [0.5, 0.6) is 0 Å². The smallest absolute Gasteiger partial charge is 0.225 e. The summed E-state index contributed by atoms with van der Waals surface area (Å²) in [7, 11) is 0. The van der Waals surface area contributed by atoms with Crippen molar-refractivity contribution in [3.05, 3.63) is 65.9 Å². The van der Waals surface area contributed by atoms with Crippen LogP contribution in [-0.4, -0.2) is 21.0 Å². The van der Waals surface area contributed by atoms with E-state index in [0.29, 0.717) is 18.5 Å². The Morgan fingerprint density at radius 3 is 2.62 bits per heavy atom. The van der Waals surface area contributed by atoms with Crippen LogP contribution >= 0.6 is 0 Å². The minimum absolute atomic E-state index is 0.304. The van der Waals surface area contributed by atoms with Crippen LogP contribution in [0.2, 0.25) is 0 Å². The van der Waals surface area contributed by atoms with Crippen LogP contribution in [0.4, 0.5) is 11.8 Å². The summed E-state index contributed by atoms with van der Waals surface area (Å²) in [5.41, 5.74) is 4.11. The van der Waals surface area contributed by atoms with E-state index in [-0.39, 0.29) is 0 Å². The SMILES string of the molecule is CC[C@H](C)Nc1nc(NCc2cccc(C)c2)cc(-c2ccccn2)n1. The maximum Gasteiger partial charge on any atom is 0.225 e. The van der Waals surface area contributed by atoms with Crippen molar-refractivity contribution in [3.8, 4) is 11.4 Å². The molecule has 5 nitrogen and oxygen atoms in total. The fourth-order valence-electron chi connectivity index (χ4n) is 2.59. The number of hydrogen-bond acceptors (Lipinski definition) is 5. The van der Waals surface area contributed by atoms with Crippen molar-refractivity contribution in [3.63, 3.8) is 0 Å². The molecule has 0 saturated heterocycles. The summed E-state index contributed by atoms with van der Waals surface area (Å²) in [5, 5.41) is 6.77. The van der Waals surface area contributed by atoms with Crippen LogP contribution in [0.1, 0.15) is 31.4 Å². The Balaban J connectivity index is 1.86. The normalized spacial score (nSPS) is 11.8. The molecule has 3 rings (SSSR count). The van der Waals surface area contributed by atoms with Crippen LogP contribution in [0.25, 0.3) is 11.4 Å². The van der Waals surface area contributed by atoms with Gasteiger partial charge in [-0.1, -0.05) is 42.8 Å². The van der Waals surface area contributed by atoms with Crippen LogP contribution < -0.4 is 10.6 Å². The van der Waals surface area contributed by atoms with E-state index in [1.807, 2.05) is 24.3 Å². The second-order valence-electron chi connectivity index (χ2n) is 6.47. The van der Waals surface area contributed by atoms with Gasteiger partial charge in [0.15, 0.2) is 0 Å². The number of nitrogens with one attached hydrogen (secondary N) is 2. The molecule has 2 aromatic heterocycles. The molecule has 0 bridgehead atoms. The van der Waals surface area contributed by atoms with E-state index in [9.17, 15) is 0 Å². The van der Waals surface area contributed by atoms with Crippen LogP contribution in [0, 0.1) is 6.92 Å². The Hall–Kier alpha value is -2.95. The molecule has 0 spiro atoms. The van der Waals surface area contributed by atoms with E-state index < -0.39 is 0 Å². The second kappa shape index (κ2) is 8.43. The molecule has 0 aliphatic heterocycles. The van der Waals surface area contributed by atoms with Crippen LogP contribution in [0.3, 0.4) is 0 Å². The lowest BCUT2D eigenvalue weighted by Crippen LogP contribution is -2.16. The van der Waals surface area contributed by atoms with E-state index in [1.165, 1.54) is 11.1 Å². The molecule has 26 heavy (non-hydrogen) atoms. The molecule has 134 valence electrons. The lowest BCUT2D eigenvalue weighted by molar-refractivity contribution is 0.753. The predicted octanol–water partition coefficient (Wildman–Crippen LogP) is 4.67. The van der Waals surface area contributed by atoms with Crippen LogP contribution in [0.15, 0.2) is 54.7 Å². The Labute approximate surface area is 154 Å². The zero-order valence-electron chi connectivity index (χ0n) is 15.5. The van der Waals surface area contributed by atoms with Gasteiger partial charge in [-0.2, -0.15) is 4.98 Å². The third-order valence-electron chi connectivity index (χ3n) is 4.20. The number of nitrogens with zero attached hydrogens (tertiary/aromatic N) is 3. The largest absolute Gasteiger partial charge is 0.366 e. The first-order valence-corrected chi connectivity index (χ1v) is 9.00. The molecule has 0 amide bonds. The first kappa shape index (κ1) is 17.9. The Bertz CT molecular complexity index is 848. The van der Waals surface area contributed by atoms with Crippen molar-refractivity contribution in [1.29, 1.82) is 0 Å². The number of rotatable bonds is 7. The zero-order valence-corrected chi connectivity index (χ0v) is 15.5. The summed E-state index contributed by atoms with van der Waals surface area (Å²) >= 11 is 0. The van der Waals surface area contributed by atoms with E-state index in [1.54, 1.807) is 6.20 Å². The van der Waals surface area contributed by atoms with Gasteiger partial charge in [0.2, 0.25) is 5.95 Å². The van der Waals surface area contributed by atoms with Gasteiger partial charge in [-0.3, -0.25) is 4.98 Å². The molecule has 0 saturated carbocycles. The number of anilines is 2. The Kier molecular flexibility index (Phi) is 5.79. The van der Waals surface area contributed by atoms with Gasteiger partial charge in [-0.05, 0) is 38.0 Å². The topological polar surface area (TPSA) is 62.7 Å². The fourth-order valence-corrected chi connectivity index (χ4v) is 2.59. The third-order valence-corrected chi connectivity index (χ3v) is 4.20. The molecule has 3 aromatic rings. The van der Waals surface area contributed by atoms with Crippen molar-refractivity contribution < 1.29 is 0 Å². The Morgan fingerprint density at radius 1 is 1.00 bits per heavy atom. The maximum atomic E-state index is 4.64. The molecule has 2 heterocycles. The number of pyridine rings is 1. The Morgan fingerprint density at radius 2 is 1.88 bits per heavy atom. The highest BCUT2D eigenvalue weighted by Gasteiger charge is 2.09. The van der Waals surface area contributed by atoms with E-state index in [2.05, 4.69) is 70.6 Å². The number of aryl methyl sites for hydroxylation is 1. The average molecular weight is 347 g/mol. The molecule has 2 N–H and O–H groups in total. The highest BCUT2D eigenvalue weighted by molar-refractivity contribution is 5.61. The van der Waals surface area contributed by atoms with Crippen molar-refractivity contribution in [2.45, 2.75) is 39.8 Å². The fraction of sp³-hybridized carbons (Fsp3) is 0.286. The minimum Gasteiger partial charge on any atom is -0.366 e. The van der Waals surface area contributed by atoms with Crippen molar-refractivity contribution in [1.82, 2.24) is 15.0 Å². The van der Waals surface area contributed by atoms with Crippen molar-refractivity contribution in [2.24, 2.45) is 0 Å². The monoisotopic (exact) mass is 347 g/mol. The molecule has 0 aliphatic rings. The van der Waals surface area contributed by atoms with Gasteiger partial charge in [0, 0.05) is 24.8 Å². The average Bonchev–Trinajstić information content (AvgIpc) is 2.67. The highest BCUT2D eigenvalue weighted by Crippen LogP contribution is 2.20. The van der Waals surface area contributed by atoms with Gasteiger partial charge in [0.1, 0.15) is 5.82 Å². The third kappa shape index (κ3) is 4.79. The predicted molar refractivity (Wildman–Crippen MR) is 107 cm³/mol. The lowest BCUT2D eigenvalue weighted by Gasteiger charge is -2.14. The van der Waals surface area contributed by atoms with Crippen molar-refractivity contribution >= 4 is 11.8 Å². The second-order valence-corrected chi connectivity index (χ2v) is 6.47. The zero-order chi connectivity index (χ0) is 18.4. The van der Waals surface area contributed by atoms with Gasteiger partial charge in [-0.15, -0.1) is 0 Å². The first-order chi connectivity index (χ1) is 12.6. The molecule has 5 heteroatoms. The van der Waals surface area contributed by atoms with Crippen LogP contribution in [-0.2, 0) is 6.54 Å². The van der Waals surface area contributed by atoms with Gasteiger partial charge in [0.25, 0.3) is 0 Å². The van der Waals surface area contributed by atoms with Gasteiger partial charge >= 0.3 is 0 Å². The number of benzene rings is 1. The summed E-state index contributed by atoms with van der Waals surface area (Å²) in [5.74, 6) is 1.40. The van der Waals surface area contributed by atoms with Crippen molar-refractivity contribution in [2.75, 3.05) is 10.6 Å². The van der Waals surface area contributed by atoms with E-state index in [4.69, 9.17) is 0 Å². The summed E-state index contributed by atoms with van der Waals surface area (Å²) in [4.78, 5) is 13.7. The molecule has 0 unspecified atom stereocenters. The molecule has 0 radical (unpaired) electrons. The summed E-state index contributed by atoms with van der Waals surface area (Å²) in [6.07, 6.45) is 2.78. The molecule has 1 aromatic carbocycles.